The number of aliphatic carboxylic acids is 1. The van der Waals surface area contributed by atoms with Crippen LogP contribution >= 0.6 is 0 Å². The number of halogens is 3. The van der Waals surface area contributed by atoms with Gasteiger partial charge in [0.2, 0.25) is 5.88 Å². The molecule has 1 N–H and O–H groups in total. The first-order valence-corrected chi connectivity index (χ1v) is 6.44. The molecule has 120 valence electrons. The molecule has 0 unspecified atom stereocenters. The van der Waals surface area contributed by atoms with Crippen LogP contribution in [0.15, 0.2) is 18.3 Å². The van der Waals surface area contributed by atoms with Crippen LogP contribution in [0.1, 0.15) is 23.2 Å². The van der Waals surface area contributed by atoms with E-state index in [1.807, 2.05) is 0 Å². The lowest BCUT2D eigenvalue weighted by molar-refractivity contribution is -0.154. The molecule has 0 radical (unpaired) electrons. The maximum absolute atomic E-state index is 12.2. The number of carboxylic acid groups (broad SMARTS) is 1. The number of hydrogen-bond acceptors (Lipinski definition) is 4. The van der Waals surface area contributed by atoms with Gasteiger partial charge >= 0.3 is 12.1 Å². The predicted molar refractivity (Wildman–Crippen MR) is 67.5 cm³/mol. The van der Waals surface area contributed by atoms with E-state index in [-0.39, 0.29) is 17.5 Å². The van der Waals surface area contributed by atoms with Crippen LogP contribution in [-0.4, -0.2) is 52.2 Å². The number of alkyl halides is 3. The molecule has 1 heterocycles. The zero-order chi connectivity index (χ0) is 16.3. The summed E-state index contributed by atoms with van der Waals surface area (Å²) in [5.74, 6) is -1.90. The van der Waals surface area contributed by atoms with E-state index < -0.39 is 31.2 Å². The highest BCUT2D eigenvalue weighted by Crippen LogP contribution is 2.28. The monoisotopic (exact) mass is 318 g/mol. The molecular formula is C13H13F3N2O4. The molecule has 1 aromatic heterocycles. The number of rotatable bonds is 6. The Hall–Kier alpha value is -2.32. The van der Waals surface area contributed by atoms with Crippen molar-refractivity contribution in [2.45, 2.75) is 25.1 Å². The SMILES string of the molecule is O=C(O)CN(C(=O)c1ccc(OCC(F)(F)F)nc1)C1CC1. The molecule has 0 aromatic carbocycles. The van der Waals surface area contributed by atoms with Gasteiger partial charge < -0.3 is 14.7 Å². The van der Waals surface area contributed by atoms with Gasteiger partial charge in [-0.1, -0.05) is 0 Å². The van der Waals surface area contributed by atoms with Gasteiger partial charge in [-0.15, -0.1) is 0 Å². The number of ether oxygens (including phenoxy) is 1. The number of carboxylic acids is 1. The Labute approximate surface area is 123 Å². The van der Waals surface area contributed by atoms with E-state index in [1.165, 1.54) is 11.0 Å². The van der Waals surface area contributed by atoms with E-state index in [2.05, 4.69) is 9.72 Å². The topological polar surface area (TPSA) is 79.7 Å². The van der Waals surface area contributed by atoms with Gasteiger partial charge in [-0.05, 0) is 18.9 Å². The second-order valence-corrected chi connectivity index (χ2v) is 4.85. The van der Waals surface area contributed by atoms with Crippen LogP contribution < -0.4 is 4.74 Å². The highest BCUT2D eigenvalue weighted by atomic mass is 19.4. The lowest BCUT2D eigenvalue weighted by Crippen LogP contribution is -2.37. The molecule has 1 aliphatic carbocycles. The lowest BCUT2D eigenvalue weighted by atomic mass is 10.2. The van der Waals surface area contributed by atoms with Gasteiger partial charge in [0.1, 0.15) is 6.54 Å². The number of amides is 1. The number of hydrogen-bond donors (Lipinski definition) is 1. The van der Waals surface area contributed by atoms with Crippen molar-refractivity contribution in [1.29, 1.82) is 0 Å². The number of nitrogens with zero attached hydrogens (tertiary/aromatic N) is 2. The molecule has 0 spiro atoms. The Morgan fingerprint density at radius 2 is 2.05 bits per heavy atom. The van der Waals surface area contributed by atoms with Crippen molar-refractivity contribution in [2.75, 3.05) is 13.2 Å². The Morgan fingerprint density at radius 3 is 2.50 bits per heavy atom. The van der Waals surface area contributed by atoms with Gasteiger partial charge in [-0.25, -0.2) is 4.98 Å². The fraction of sp³-hybridized carbons (Fsp3) is 0.462. The number of carbonyl (C=O) groups is 2. The van der Waals surface area contributed by atoms with Crippen LogP contribution in [0.5, 0.6) is 5.88 Å². The third-order valence-electron chi connectivity index (χ3n) is 2.92. The summed E-state index contributed by atoms with van der Waals surface area (Å²) in [6.45, 7) is -1.89. The molecule has 9 heteroatoms. The fourth-order valence-electron chi connectivity index (χ4n) is 1.81. The Morgan fingerprint density at radius 1 is 1.36 bits per heavy atom. The number of carbonyl (C=O) groups excluding carboxylic acids is 1. The molecule has 2 rings (SSSR count). The Bertz CT molecular complexity index is 555. The number of aromatic nitrogens is 1. The largest absolute Gasteiger partial charge is 0.480 e. The number of pyridine rings is 1. The van der Waals surface area contributed by atoms with Crippen molar-refractivity contribution >= 4 is 11.9 Å². The molecule has 1 fully saturated rings. The van der Waals surface area contributed by atoms with E-state index in [0.717, 1.165) is 25.1 Å². The first-order chi connectivity index (χ1) is 10.3. The summed E-state index contributed by atoms with van der Waals surface area (Å²) in [6.07, 6.45) is -1.93. The molecule has 22 heavy (non-hydrogen) atoms. The molecule has 1 saturated carbocycles. The smallest absolute Gasteiger partial charge is 0.422 e. The van der Waals surface area contributed by atoms with Gasteiger partial charge in [-0.3, -0.25) is 9.59 Å². The fourth-order valence-corrected chi connectivity index (χ4v) is 1.81. The van der Waals surface area contributed by atoms with E-state index in [1.54, 1.807) is 0 Å². The van der Waals surface area contributed by atoms with Gasteiger partial charge in [0.05, 0.1) is 5.56 Å². The summed E-state index contributed by atoms with van der Waals surface area (Å²) in [4.78, 5) is 27.8. The standard InChI is InChI=1S/C13H13F3N2O4/c14-13(15,16)7-22-10-4-1-8(5-17-10)12(21)18(6-11(19)20)9-2-3-9/h1,4-5,9H,2-3,6-7H2,(H,19,20). The predicted octanol–water partition coefficient (Wildman–Crippen LogP) is 1.71. The van der Waals surface area contributed by atoms with E-state index in [4.69, 9.17) is 5.11 Å². The van der Waals surface area contributed by atoms with Crippen molar-refractivity contribution in [3.05, 3.63) is 23.9 Å². The minimum Gasteiger partial charge on any atom is -0.480 e. The molecule has 1 aliphatic rings. The van der Waals surface area contributed by atoms with Crippen molar-refractivity contribution in [3.63, 3.8) is 0 Å². The zero-order valence-electron chi connectivity index (χ0n) is 11.3. The molecule has 1 aromatic rings. The van der Waals surface area contributed by atoms with Crippen LogP contribution in [-0.2, 0) is 4.79 Å². The third-order valence-corrected chi connectivity index (χ3v) is 2.92. The van der Waals surface area contributed by atoms with Gasteiger partial charge in [-0.2, -0.15) is 13.2 Å². The second-order valence-electron chi connectivity index (χ2n) is 4.85. The molecular weight excluding hydrogens is 305 g/mol. The van der Waals surface area contributed by atoms with Crippen molar-refractivity contribution < 1.29 is 32.6 Å². The maximum Gasteiger partial charge on any atom is 0.422 e. The average Bonchev–Trinajstić information content (AvgIpc) is 3.26. The molecule has 0 saturated heterocycles. The van der Waals surface area contributed by atoms with E-state index in [9.17, 15) is 22.8 Å². The van der Waals surface area contributed by atoms with E-state index >= 15 is 0 Å². The van der Waals surface area contributed by atoms with Crippen LogP contribution in [0.25, 0.3) is 0 Å². The van der Waals surface area contributed by atoms with Crippen molar-refractivity contribution in [1.82, 2.24) is 9.88 Å². The molecule has 0 aliphatic heterocycles. The van der Waals surface area contributed by atoms with Crippen molar-refractivity contribution in [3.8, 4) is 5.88 Å². The van der Waals surface area contributed by atoms with Crippen LogP contribution in [0.3, 0.4) is 0 Å². The Kier molecular flexibility index (Phi) is 4.53. The quantitative estimate of drug-likeness (QED) is 0.864. The zero-order valence-corrected chi connectivity index (χ0v) is 11.3. The summed E-state index contributed by atoms with van der Waals surface area (Å²) in [6, 6.07) is 2.30. The van der Waals surface area contributed by atoms with Gasteiger partial charge in [0, 0.05) is 18.3 Å². The lowest BCUT2D eigenvalue weighted by Gasteiger charge is -2.20. The summed E-state index contributed by atoms with van der Waals surface area (Å²) >= 11 is 0. The highest BCUT2D eigenvalue weighted by molar-refractivity contribution is 5.96. The molecule has 6 nitrogen and oxygen atoms in total. The van der Waals surface area contributed by atoms with Crippen LogP contribution in [0.2, 0.25) is 0 Å². The minimum atomic E-state index is -4.47. The Balaban J connectivity index is 2.02. The highest BCUT2D eigenvalue weighted by Gasteiger charge is 2.34. The van der Waals surface area contributed by atoms with Gasteiger partial charge in [0.25, 0.3) is 5.91 Å². The first kappa shape index (κ1) is 16.1. The second kappa shape index (κ2) is 6.20. The van der Waals surface area contributed by atoms with Crippen LogP contribution in [0, 0.1) is 0 Å². The molecule has 0 atom stereocenters. The van der Waals surface area contributed by atoms with Crippen molar-refractivity contribution in [2.24, 2.45) is 0 Å². The third kappa shape index (κ3) is 4.61. The van der Waals surface area contributed by atoms with Crippen LogP contribution in [0.4, 0.5) is 13.2 Å². The summed E-state index contributed by atoms with van der Waals surface area (Å²) in [7, 11) is 0. The van der Waals surface area contributed by atoms with Gasteiger partial charge in [0.15, 0.2) is 6.61 Å². The minimum absolute atomic E-state index is 0.104. The molecule has 1 amide bonds. The first-order valence-electron chi connectivity index (χ1n) is 6.44. The summed E-state index contributed by atoms with van der Waals surface area (Å²) in [5, 5.41) is 8.81. The summed E-state index contributed by atoms with van der Waals surface area (Å²) < 4.78 is 40.4. The summed E-state index contributed by atoms with van der Waals surface area (Å²) in [5.41, 5.74) is 0.104. The average molecular weight is 318 g/mol. The normalized spacial score (nSPS) is 14.5. The molecule has 0 bridgehead atoms. The maximum atomic E-state index is 12.2. The van der Waals surface area contributed by atoms with E-state index in [0.29, 0.717) is 0 Å².